The number of methoxy groups -OCH3 is 2. The van der Waals surface area contributed by atoms with Gasteiger partial charge in [0.15, 0.2) is 11.5 Å². The Morgan fingerprint density at radius 1 is 1.03 bits per heavy atom. The van der Waals surface area contributed by atoms with E-state index in [1.165, 1.54) is 16.0 Å². The fourth-order valence-electron chi connectivity index (χ4n) is 5.08. The lowest BCUT2D eigenvalue weighted by Crippen LogP contribution is -2.31. The Balaban J connectivity index is 1.82. The minimum atomic E-state index is -0.750. The Kier molecular flexibility index (Phi) is 7.99. The van der Waals surface area contributed by atoms with Crippen molar-refractivity contribution in [2.75, 3.05) is 27.4 Å². The van der Waals surface area contributed by atoms with Crippen LogP contribution in [0.3, 0.4) is 0 Å². The van der Waals surface area contributed by atoms with E-state index in [9.17, 15) is 14.7 Å². The second-order valence-corrected chi connectivity index (χ2v) is 9.61. The molecule has 1 unspecified atom stereocenters. The molecule has 192 valence electrons. The minimum absolute atomic E-state index is 0.0477. The fraction of sp³-hybridized carbons (Fsp3) is 0.448. The van der Waals surface area contributed by atoms with Crippen LogP contribution in [0, 0.1) is 0 Å². The maximum atomic E-state index is 13.3. The molecule has 1 N–H and O–H groups in total. The van der Waals surface area contributed by atoms with E-state index in [1.807, 2.05) is 38.1 Å². The zero-order chi connectivity index (χ0) is 25.8. The molecule has 36 heavy (non-hydrogen) atoms. The van der Waals surface area contributed by atoms with Crippen molar-refractivity contribution in [3.63, 3.8) is 0 Å². The van der Waals surface area contributed by atoms with Gasteiger partial charge in [-0.1, -0.05) is 18.2 Å². The monoisotopic (exact) mass is 493 g/mol. The number of nitrogens with zero attached hydrogens (tertiary/aromatic N) is 1. The number of aryl methyl sites for hydroxylation is 2. The summed E-state index contributed by atoms with van der Waals surface area (Å²) in [6, 6.07) is 10.4. The Morgan fingerprint density at radius 3 is 2.47 bits per heavy atom. The van der Waals surface area contributed by atoms with Crippen LogP contribution >= 0.6 is 0 Å². The van der Waals surface area contributed by atoms with Crippen LogP contribution in [0.5, 0.6) is 11.5 Å². The third kappa shape index (κ3) is 5.12. The van der Waals surface area contributed by atoms with Crippen molar-refractivity contribution in [2.24, 2.45) is 0 Å². The van der Waals surface area contributed by atoms with E-state index in [-0.39, 0.29) is 17.4 Å². The molecule has 0 radical (unpaired) electrons. The number of aliphatic hydroxyl groups excluding tert-OH is 1. The molecule has 2 aromatic rings. The molecule has 1 aliphatic carbocycles. The summed E-state index contributed by atoms with van der Waals surface area (Å²) in [7, 11) is 3.15. The predicted molar refractivity (Wildman–Crippen MR) is 137 cm³/mol. The van der Waals surface area contributed by atoms with E-state index in [1.54, 1.807) is 26.4 Å². The molecule has 1 fully saturated rings. The van der Waals surface area contributed by atoms with Gasteiger partial charge in [-0.05, 0) is 80.8 Å². The average molecular weight is 494 g/mol. The first-order valence-corrected chi connectivity index (χ1v) is 12.6. The summed E-state index contributed by atoms with van der Waals surface area (Å²) in [5, 5.41) is 11.4. The van der Waals surface area contributed by atoms with Gasteiger partial charge in [0.2, 0.25) is 0 Å². The molecule has 1 heterocycles. The topological polar surface area (TPSA) is 85.3 Å². The van der Waals surface area contributed by atoms with Gasteiger partial charge < -0.3 is 24.2 Å². The Hall–Kier alpha value is -3.32. The standard InChI is InChI=1S/C29H35NO6/c1-18(2)36-23-13-12-21(17-24(23)35-4)26-25(28(32)29(33)30(26)14-7-15-34-3)27(31)22-11-10-19-8-5-6-9-20(19)16-22/h10-13,16-18,26,31H,5-9,14-15H2,1-4H3/b27-25+. The number of ether oxygens (including phenoxy) is 3. The smallest absolute Gasteiger partial charge is 0.295 e. The molecule has 1 aliphatic heterocycles. The predicted octanol–water partition coefficient (Wildman–Crippen LogP) is 4.82. The number of amides is 1. The van der Waals surface area contributed by atoms with Crippen LogP contribution in [0.15, 0.2) is 42.0 Å². The number of aliphatic hydroxyl groups is 1. The van der Waals surface area contributed by atoms with E-state index in [0.717, 1.165) is 25.7 Å². The van der Waals surface area contributed by atoms with E-state index in [4.69, 9.17) is 14.2 Å². The van der Waals surface area contributed by atoms with Gasteiger partial charge in [-0.25, -0.2) is 0 Å². The number of fused-ring (bicyclic) bond motifs is 1. The van der Waals surface area contributed by atoms with E-state index in [2.05, 4.69) is 0 Å². The normalized spacial score (nSPS) is 19.0. The van der Waals surface area contributed by atoms with Crippen molar-refractivity contribution >= 4 is 17.4 Å². The number of rotatable bonds is 9. The fourth-order valence-corrected chi connectivity index (χ4v) is 5.08. The SMILES string of the molecule is COCCCN1C(=O)C(=O)/C(=C(/O)c2ccc3c(c2)CCCC3)C1c1ccc(OC(C)C)c(OC)c1. The molecular formula is C29H35NO6. The summed E-state index contributed by atoms with van der Waals surface area (Å²) in [5.74, 6) is -0.395. The summed E-state index contributed by atoms with van der Waals surface area (Å²) in [5.41, 5.74) is 3.78. The highest BCUT2D eigenvalue weighted by Gasteiger charge is 2.46. The molecule has 1 saturated heterocycles. The van der Waals surface area contributed by atoms with Crippen LogP contribution < -0.4 is 9.47 Å². The lowest BCUT2D eigenvalue weighted by Gasteiger charge is -2.26. The van der Waals surface area contributed by atoms with Crippen molar-refractivity contribution in [1.82, 2.24) is 4.90 Å². The van der Waals surface area contributed by atoms with Crippen LogP contribution in [-0.4, -0.2) is 55.2 Å². The summed E-state index contributed by atoms with van der Waals surface area (Å²) in [6.07, 6.45) is 4.73. The van der Waals surface area contributed by atoms with Gasteiger partial charge in [-0.2, -0.15) is 0 Å². The molecule has 1 atom stereocenters. The van der Waals surface area contributed by atoms with Crippen LogP contribution in [0.2, 0.25) is 0 Å². The van der Waals surface area contributed by atoms with Crippen molar-refractivity contribution in [3.8, 4) is 11.5 Å². The van der Waals surface area contributed by atoms with Crippen molar-refractivity contribution in [1.29, 1.82) is 0 Å². The number of hydrogen-bond donors (Lipinski definition) is 1. The van der Waals surface area contributed by atoms with Crippen LogP contribution in [0.4, 0.5) is 0 Å². The number of ketones is 1. The van der Waals surface area contributed by atoms with E-state index >= 15 is 0 Å². The first-order chi connectivity index (χ1) is 17.3. The molecule has 7 heteroatoms. The molecule has 2 aliphatic rings. The largest absolute Gasteiger partial charge is 0.507 e. The van der Waals surface area contributed by atoms with Crippen LogP contribution in [0.25, 0.3) is 5.76 Å². The third-order valence-electron chi connectivity index (χ3n) is 6.78. The Bertz CT molecular complexity index is 1170. The first kappa shape index (κ1) is 25.8. The van der Waals surface area contributed by atoms with Gasteiger partial charge in [0.25, 0.3) is 11.7 Å². The number of likely N-dealkylation sites (tertiary alicyclic amines) is 1. The molecule has 0 spiro atoms. The quantitative estimate of drug-likeness (QED) is 0.233. The Labute approximate surface area is 212 Å². The van der Waals surface area contributed by atoms with Gasteiger partial charge in [-0.15, -0.1) is 0 Å². The lowest BCUT2D eigenvalue weighted by molar-refractivity contribution is -0.140. The number of benzene rings is 2. The maximum Gasteiger partial charge on any atom is 0.295 e. The van der Waals surface area contributed by atoms with Crippen molar-refractivity contribution in [3.05, 3.63) is 64.2 Å². The second-order valence-electron chi connectivity index (χ2n) is 9.61. The highest BCUT2D eigenvalue weighted by Crippen LogP contribution is 2.42. The third-order valence-corrected chi connectivity index (χ3v) is 6.78. The first-order valence-electron chi connectivity index (χ1n) is 12.6. The zero-order valence-corrected chi connectivity index (χ0v) is 21.5. The van der Waals surface area contributed by atoms with Crippen LogP contribution in [0.1, 0.15) is 61.4 Å². The van der Waals surface area contributed by atoms with Gasteiger partial charge in [0.05, 0.1) is 24.8 Å². The summed E-state index contributed by atoms with van der Waals surface area (Å²) in [6.45, 7) is 4.62. The molecule has 0 aromatic heterocycles. The molecule has 2 aromatic carbocycles. The van der Waals surface area contributed by atoms with Crippen LogP contribution in [-0.2, 0) is 27.2 Å². The Morgan fingerprint density at radius 2 is 1.78 bits per heavy atom. The number of hydrogen-bond acceptors (Lipinski definition) is 6. The van der Waals surface area contributed by atoms with Gasteiger partial charge in [-0.3, -0.25) is 9.59 Å². The number of Topliss-reactive ketones (excluding diaryl/α,β-unsaturated/α-hetero) is 1. The lowest BCUT2D eigenvalue weighted by atomic mass is 9.88. The van der Waals surface area contributed by atoms with Crippen molar-refractivity contribution < 1.29 is 28.9 Å². The molecule has 4 rings (SSSR count). The van der Waals surface area contributed by atoms with Gasteiger partial charge in [0.1, 0.15) is 5.76 Å². The highest BCUT2D eigenvalue weighted by atomic mass is 16.5. The summed E-state index contributed by atoms with van der Waals surface area (Å²) < 4.78 is 16.6. The van der Waals surface area contributed by atoms with Gasteiger partial charge in [0, 0.05) is 25.8 Å². The average Bonchev–Trinajstić information content (AvgIpc) is 3.13. The highest BCUT2D eigenvalue weighted by molar-refractivity contribution is 6.46. The van der Waals surface area contributed by atoms with E-state index < -0.39 is 17.7 Å². The number of carbonyl (C=O) groups excluding carboxylic acids is 2. The maximum absolute atomic E-state index is 13.3. The molecule has 7 nitrogen and oxygen atoms in total. The van der Waals surface area contributed by atoms with Gasteiger partial charge >= 0.3 is 0 Å². The number of carbonyl (C=O) groups is 2. The zero-order valence-electron chi connectivity index (χ0n) is 21.5. The molecule has 1 amide bonds. The molecule has 0 bridgehead atoms. The van der Waals surface area contributed by atoms with Crippen molar-refractivity contribution in [2.45, 2.75) is 58.1 Å². The van der Waals surface area contributed by atoms with E-state index in [0.29, 0.717) is 42.2 Å². The molecular weight excluding hydrogens is 458 g/mol. The second kappa shape index (κ2) is 11.2. The summed E-state index contributed by atoms with van der Waals surface area (Å²) >= 11 is 0. The summed E-state index contributed by atoms with van der Waals surface area (Å²) in [4.78, 5) is 28.0. The minimum Gasteiger partial charge on any atom is -0.507 e. The molecule has 0 saturated carbocycles.